The largest absolute Gasteiger partial charge is 0.309 e. The summed E-state index contributed by atoms with van der Waals surface area (Å²) in [6.45, 7) is 0. The van der Waals surface area contributed by atoms with E-state index >= 15 is 0 Å². The van der Waals surface area contributed by atoms with Gasteiger partial charge in [-0.3, -0.25) is 4.40 Å². The van der Waals surface area contributed by atoms with E-state index in [1.165, 1.54) is 31.9 Å². The second-order valence-corrected chi connectivity index (χ2v) is 10.2. The van der Waals surface area contributed by atoms with Gasteiger partial charge in [0, 0.05) is 38.5 Å². The molecule has 4 aromatic carbocycles. The molecule has 3 nitrogen and oxygen atoms in total. The van der Waals surface area contributed by atoms with Crippen molar-refractivity contribution in [2.75, 3.05) is 0 Å². The van der Waals surface area contributed by atoms with Crippen LogP contribution in [0.3, 0.4) is 0 Å². The molecule has 0 saturated carbocycles. The van der Waals surface area contributed by atoms with Crippen LogP contribution in [0.4, 0.5) is 0 Å². The van der Waals surface area contributed by atoms with Crippen molar-refractivity contribution in [1.29, 1.82) is 0 Å². The molecule has 0 unspecified atom stereocenters. The highest BCUT2D eigenvalue weighted by molar-refractivity contribution is 7.18. The topological polar surface area (TPSA) is 22.2 Å². The van der Waals surface area contributed by atoms with E-state index in [0.29, 0.717) is 0 Å². The maximum atomic E-state index is 5.04. The highest BCUT2D eigenvalue weighted by Crippen LogP contribution is 2.39. The van der Waals surface area contributed by atoms with Gasteiger partial charge in [-0.05, 0) is 53.2 Å². The smallest absolute Gasteiger partial charge is 0.137 e. The monoisotopic (exact) mass is 491 g/mol. The van der Waals surface area contributed by atoms with E-state index < -0.39 is 0 Å². The van der Waals surface area contributed by atoms with Crippen molar-refractivity contribution < 1.29 is 0 Å². The van der Waals surface area contributed by atoms with Gasteiger partial charge in [-0.25, -0.2) is 4.98 Å². The molecule has 0 bridgehead atoms. The van der Waals surface area contributed by atoms with Gasteiger partial charge in [0.2, 0.25) is 0 Å². The predicted octanol–water partition coefficient (Wildman–Crippen LogP) is 8.98. The zero-order valence-electron chi connectivity index (χ0n) is 19.9. The number of imidazole rings is 1. The first-order valence-electron chi connectivity index (χ1n) is 12.4. The minimum absolute atomic E-state index is 0.947. The number of thiophene rings is 1. The fourth-order valence-electron chi connectivity index (χ4n) is 5.59. The van der Waals surface area contributed by atoms with Crippen molar-refractivity contribution in [2.45, 2.75) is 0 Å². The molecule has 4 heteroatoms. The summed E-state index contributed by atoms with van der Waals surface area (Å²) < 4.78 is 5.91. The van der Waals surface area contributed by atoms with Gasteiger partial charge in [0.05, 0.1) is 22.4 Å². The Bertz CT molecular complexity index is 2080. The highest BCUT2D eigenvalue weighted by atomic mass is 32.1. The van der Waals surface area contributed by atoms with Crippen LogP contribution in [0.2, 0.25) is 0 Å². The Morgan fingerprint density at radius 1 is 0.622 bits per heavy atom. The minimum atomic E-state index is 0.947. The molecule has 0 aliphatic heterocycles. The van der Waals surface area contributed by atoms with Gasteiger partial charge in [0.1, 0.15) is 5.65 Å². The third-order valence-electron chi connectivity index (χ3n) is 7.23. The lowest BCUT2D eigenvalue weighted by Crippen LogP contribution is -1.94. The number of pyridine rings is 1. The van der Waals surface area contributed by atoms with E-state index in [-0.39, 0.29) is 0 Å². The second kappa shape index (κ2) is 7.92. The van der Waals surface area contributed by atoms with Gasteiger partial charge < -0.3 is 4.57 Å². The van der Waals surface area contributed by atoms with Gasteiger partial charge in [-0.2, -0.15) is 0 Å². The van der Waals surface area contributed by atoms with Crippen LogP contribution < -0.4 is 0 Å². The zero-order valence-corrected chi connectivity index (χ0v) is 20.7. The van der Waals surface area contributed by atoms with E-state index in [9.17, 15) is 0 Å². The molecule has 0 radical (unpaired) electrons. The van der Waals surface area contributed by atoms with Crippen LogP contribution in [0.25, 0.3) is 65.7 Å². The van der Waals surface area contributed by atoms with Gasteiger partial charge in [0.15, 0.2) is 0 Å². The first-order chi connectivity index (χ1) is 18.4. The lowest BCUT2D eigenvalue weighted by Gasteiger charge is -2.10. The van der Waals surface area contributed by atoms with Crippen LogP contribution >= 0.6 is 11.3 Å². The average Bonchev–Trinajstić information content (AvgIpc) is 3.67. The second-order valence-electron chi connectivity index (χ2n) is 9.30. The molecule has 8 rings (SSSR count). The Labute approximate surface area is 217 Å². The molecule has 0 N–H and O–H groups in total. The third-order valence-corrected chi connectivity index (χ3v) is 8.18. The molecule has 37 heavy (non-hydrogen) atoms. The Kier molecular flexibility index (Phi) is 4.39. The molecule has 0 aliphatic carbocycles. The predicted molar refractivity (Wildman–Crippen MR) is 156 cm³/mol. The molecule has 0 amide bonds. The van der Waals surface area contributed by atoms with E-state index in [1.807, 2.05) is 17.4 Å². The summed E-state index contributed by atoms with van der Waals surface area (Å²) in [5, 5.41) is 6.11. The number of hydrogen-bond acceptors (Lipinski definition) is 2. The molecule has 174 valence electrons. The minimum Gasteiger partial charge on any atom is -0.309 e. The molecule has 4 aromatic heterocycles. The van der Waals surface area contributed by atoms with Crippen molar-refractivity contribution >= 4 is 48.9 Å². The standard InChI is InChI=1S/C33H21N3S/c1-2-8-23(9-3-1)32-31(34-29-12-6-7-20-35(29)32)22-13-16-25(17-14-22)36-27-11-5-4-10-26(27)30-28(36)18-15-24-19-21-37-33(24)30/h1-21H. The quantitative estimate of drug-likeness (QED) is 0.242. The highest BCUT2D eigenvalue weighted by Gasteiger charge is 2.18. The molecule has 0 aliphatic rings. The van der Waals surface area contributed by atoms with Crippen LogP contribution in [-0.4, -0.2) is 14.0 Å². The van der Waals surface area contributed by atoms with Crippen LogP contribution in [0.15, 0.2) is 127 Å². The average molecular weight is 492 g/mol. The number of aromatic nitrogens is 3. The number of fused-ring (bicyclic) bond motifs is 6. The Hall–Kier alpha value is -4.67. The van der Waals surface area contributed by atoms with Gasteiger partial charge >= 0.3 is 0 Å². The Morgan fingerprint density at radius 2 is 1.43 bits per heavy atom. The molecule has 0 saturated heterocycles. The van der Waals surface area contributed by atoms with Crippen LogP contribution in [0.1, 0.15) is 0 Å². The number of benzene rings is 4. The van der Waals surface area contributed by atoms with E-state index in [2.05, 4.69) is 130 Å². The Balaban J connectivity index is 1.34. The normalized spacial score (nSPS) is 11.8. The van der Waals surface area contributed by atoms with Crippen molar-refractivity contribution in [3.63, 3.8) is 0 Å². The lowest BCUT2D eigenvalue weighted by atomic mass is 10.0. The van der Waals surface area contributed by atoms with Crippen LogP contribution in [0, 0.1) is 0 Å². The SMILES string of the molecule is c1ccc(-c2c(-c3ccc(-n4c5ccccc5c5c6sccc6ccc54)cc3)nc3ccccn23)cc1. The van der Waals surface area contributed by atoms with E-state index in [4.69, 9.17) is 4.98 Å². The lowest BCUT2D eigenvalue weighted by molar-refractivity contribution is 1.18. The number of nitrogens with zero attached hydrogens (tertiary/aromatic N) is 3. The molecule has 8 aromatic rings. The summed E-state index contributed by atoms with van der Waals surface area (Å²) >= 11 is 1.82. The van der Waals surface area contributed by atoms with Crippen molar-refractivity contribution in [3.05, 3.63) is 127 Å². The Morgan fingerprint density at radius 3 is 2.32 bits per heavy atom. The van der Waals surface area contributed by atoms with Gasteiger partial charge in [-0.1, -0.05) is 72.8 Å². The molecule has 0 fully saturated rings. The van der Waals surface area contributed by atoms with Gasteiger partial charge in [0.25, 0.3) is 0 Å². The number of hydrogen-bond donors (Lipinski definition) is 0. The fraction of sp³-hybridized carbons (Fsp3) is 0. The number of para-hydroxylation sites is 1. The van der Waals surface area contributed by atoms with Crippen molar-refractivity contribution in [3.8, 4) is 28.2 Å². The summed E-state index contributed by atoms with van der Waals surface area (Å²) in [6, 6.07) is 40.9. The molecule has 4 heterocycles. The van der Waals surface area contributed by atoms with Crippen molar-refractivity contribution in [2.24, 2.45) is 0 Å². The summed E-state index contributed by atoms with van der Waals surface area (Å²) in [5.41, 5.74) is 8.92. The van der Waals surface area contributed by atoms with Crippen LogP contribution in [0.5, 0.6) is 0 Å². The first-order valence-corrected chi connectivity index (χ1v) is 13.3. The summed E-state index contributed by atoms with van der Waals surface area (Å²) in [4.78, 5) is 5.04. The fourth-order valence-corrected chi connectivity index (χ4v) is 6.55. The maximum absolute atomic E-state index is 5.04. The zero-order chi connectivity index (χ0) is 24.3. The van der Waals surface area contributed by atoms with Crippen molar-refractivity contribution in [1.82, 2.24) is 14.0 Å². The first kappa shape index (κ1) is 20.5. The summed E-state index contributed by atoms with van der Waals surface area (Å²) in [6.07, 6.45) is 2.09. The molecular weight excluding hydrogens is 470 g/mol. The third kappa shape index (κ3) is 3.03. The maximum Gasteiger partial charge on any atom is 0.137 e. The molecular formula is C33H21N3S. The number of rotatable bonds is 3. The molecule has 0 atom stereocenters. The summed E-state index contributed by atoms with van der Waals surface area (Å²) in [5.74, 6) is 0. The summed E-state index contributed by atoms with van der Waals surface area (Å²) in [7, 11) is 0. The van der Waals surface area contributed by atoms with E-state index in [0.717, 1.165) is 33.8 Å². The van der Waals surface area contributed by atoms with Crippen LogP contribution in [-0.2, 0) is 0 Å². The van der Waals surface area contributed by atoms with Gasteiger partial charge in [-0.15, -0.1) is 11.3 Å². The van der Waals surface area contributed by atoms with E-state index in [1.54, 1.807) is 0 Å². The molecule has 0 spiro atoms.